The van der Waals surface area contributed by atoms with Crippen LogP contribution in [0.25, 0.3) is 11.1 Å². The maximum atomic E-state index is 6.11. The maximum absolute atomic E-state index is 6.11. The number of halogens is 2. The lowest BCUT2D eigenvalue weighted by molar-refractivity contribution is -0.697. The van der Waals surface area contributed by atoms with Crippen LogP contribution < -0.4 is 52.6 Å². The van der Waals surface area contributed by atoms with Crippen molar-refractivity contribution >= 4 is 0 Å². The summed E-state index contributed by atoms with van der Waals surface area (Å²) >= 11 is 0. The summed E-state index contributed by atoms with van der Waals surface area (Å²) in [6.45, 7) is 6.67. The number of aryl methyl sites for hydroxylation is 2. The van der Waals surface area contributed by atoms with E-state index >= 15 is 0 Å². The van der Waals surface area contributed by atoms with Crippen LogP contribution in [-0.2, 0) is 13.1 Å². The summed E-state index contributed by atoms with van der Waals surface area (Å²) in [7, 11) is 0. The normalized spacial score (nSPS) is 10.6. The fourth-order valence-corrected chi connectivity index (χ4v) is 5.53. The molecule has 0 saturated carbocycles. The molecule has 0 aliphatic heterocycles. The van der Waals surface area contributed by atoms with E-state index in [-0.39, 0.29) is 34.0 Å². The first-order valence-corrected chi connectivity index (χ1v) is 17.3. The first-order valence-electron chi connectivity index (χ1n) is 17.3. The molecule has 0 fully saturated rings. The van der Waals surface area contributed by atoms with Gasteiger partial charge in [-0.25, -0.2) is 9.13 Å². The summed E-state index contributed by atoms with van der Waals surface area (Å²) in [5.41, 5.74) is 2.30. The molecule has 0 saturated heterocycles. The predicted octanol–water partition coefficient (Wildman–Crippen LogP) is 5.02. The SMILES string of the molecule is CCCCCCCCC[n+]1ccc(Oc2ccc(-c3ccc(Oc4cc[n+](CCCCCCCCC)cc4)cc3)cc2)cc1.[Br-].[Br-]. The van der Waals surface area contributed by atoms with E-state index in [1.54, 1.807) is 0 Å². The summed E-state index contributed by atoms with van der Waals surface area (Å²) in [6, 6.07) is 24.8. The molecule has 46 heavy (non-hydrogen) atoms. The molecule has 0 N–H and O–H groups in total. The molecule has 2 aromatic heterocycles. The molecule has 0 unspecified atom stereocenters. The van der Waals surface area contributed by atoms with Gasteiger partial charge in [0.05, 0.1) is 0 Å². The van der Waals surface area contributed by atoms with Gasteiger partial charge in [-0.05, 0) is 48.2 Å². The van der Waals surface area contributed by atoms with E-state index in [1.807, 2.05) is 24.3 Å². The largest absolute Gasteiger partial charge is 1.00 e. The molecule has 6 heteroatoms. The molecule has 0 aliphatic rings. The molecule has 2 aromatic carbocycles. The summed E-state index contributed by atoms with van der Waals surface area (Å²) in [5.74, 6) is 3.40. The lowest BCUT2D eigenvalue weighted by Gasteiger charge is -2.08. The Morgan fingerprint density at radius 3 is 0.978 bits per heavy atom. The summed E-state index contributed by atoms with van der Waals surface area (Å²) in [5, 5.41) is 0. The zero-order chi connectivity index (χ0) is 30.7. The number of aromatic nitrogens is 2. The van der Waals surface area contributed by atoms with Crippen LogP contribution in [0.5, 0.6) is 23.0 Å². The second-order valence-corrected chi connectivity index (χ2v) is 12.0. The maximum Gasteiger partial charge on any atom is 0.172 e. The van der Waals surface area contributed by atoms with Gasteiger partial charge in [-0.15, -0.1) is 0 Å². The Morgan fingerprint density at radius 2 is 0.652 bits per heavy atom. The van der Waals surface area contributed by atoms with Crippen molar-refractivity contribution < 1.29 is 52.6 Å². The summed E-state index contributed by atoms with van der Waals surface area (Å²) in [6.07, 6.45) is 27.1. The van der Waals surface area contributed by atoms with Crippen molar-refractivity contribution in [3.63, 3.8) is 0 Å². The lowest BCUT2D eigenvalue weighted by Crippen LogP contribution is -3.00. The van der Waals surface area contributed by atoms with Crippen LogP contribution in [0.2, 0.25) is 0 Å². The standard InChI is InChI=1S/C40H54N2O2.2BrH/c1-3-5-7-9-11-13-15-29-41-31-25-39(26-32-41)43-37-21-17-35(18-22-37)36-19-23-38(24-20-36)44-40-27-33-42(34-28-40)30-16-14-12-10-8-6-4-2;;/h17-28,31-34H,3-16,29-30H2,1-2H3;2*1H/q+2;;/p-2. The van der Waals surface area contributed by atoms with Gasteiger partial charge in [0.2, 0.25) is 0 Å². The Labute approximate surface area is 299 Å². The quantitative estimate of drug-likeness (QED) is 0.0884. The fourth-order valence-electron chi connectivity index (χ4n) is 5.53. The van der Waals surface area contributed by atoms with Gasteiger partial charge in [-0.1, -0.05) is 102 Å². The second-order valence-electron chi connectivity index (χ2n) is 12.0. The smallest absolute Gasteiger partial charge is 0.172 e. The number of benzene rings is 2. The van der Waals surface area contributed by atoms with E-state index < -0.39 is 0 Å². The molecular formula is C40H54Br2N2O2. The number of hydrogen-bond donors (Lipinski definition) is 0. The second kappa shape index (κ2) is 23.6. The monoisotopic (exact) mass is 752 g/mol. The summed E-state index contributed by atoms with van der Waals surface area (Å²) < 4.78 is 16.7. The molecule has 0 amide bonds. The molecule has 4 nitrogen and oxygen atoms in total. The van der Waals surface area contributed by atoms with Crippen molar-refractivity contribution in [3.05, 3.63) is 97.6 Å². The van der Waals surface area contributed by atoms with Crippen LogP contribution in [0.4, 0.5) is 0 Å². The molecule has 4 aromatic rings. The Balaban J connectivity index is 0.00000368. The number of nitrogens with zero attached hydrogens (tertiary/aromatic N) is 2. The van der Waals surface area contributed by atoms with Gasteiger partial charge in [-0.3, -0.25) is 0 Å². The highest BCUT2D eigenvalue weighted by Gasteiger charge is 2.06. The number of ether oxygens (including phenoxy) is 2. The molecule has 0 spiro atoms. The molecule has 250 valence electrons. The van der Waals surface area contributed by atoms with Gasteiger partial charge in [0.1, 0.15) is 36.1 Å². The number of hydrogen-bond acceptors (Lipinski definition) is 2. The topological polar surface area (TPSA) is 26.2 Å². The van der Waals surface area contributed by atoms with Crippen LogP contribution in [0.15, 0.2) is 97.6 Å². The van der Waals surface area contributed by atoms with Crippen LogP contribution >= 0.6 is 0 Å². The minimum atomic E-state index is 0. The van der Waals surface area contributed by atoms with E-state index in [4.69, 9.17) is 9.47 Å². The third kappa shape index (κ3) is 14.8. The Kier molecular flexibility index (Phi) is 20.2. The zero-order valence-corrected chi connectivity index (χ0v) is 31.2. The molecule has 0 radical (unpaired) electrons. The van der Waals surface area contributed by atoms with Crippen molar-refractivity contribution in [2.24, 2.45) is 0 Å². The average Bonchev–Trinajstić information content (AvgIpc) is 3.06. The van der Waals surface area contributed by atoms with Crippen LogP contribution in [0, 0.1) is 0 Å². The number of rotatable bonds is 21. The fraction of sp³-hybridized carbons (Fsp3) is 0.450. The zero-order valence-electron chi connectivity index (χ0n) is 28.0. The van der Waals surface area contributed by atoms with E-state index in [2.05, 4.69) is 96.3 Å². The number of pyridine rings is 2. The number of unbranched alkanes of at least 4 members (excludes halogenated alkanes) is 12. The highest BCUT2D eigenvalue weighted by Crippen LogP contribution is 2.28. The molecule has 0 aliphatic carbocycles. The molecule has 4 rings (SSSR count). The minimum Gasteiger partial charge on any atom is -1.00 e. The Morgan fingerprint density at radius 1 is 0.370 bits per heavy atom. The third-order valence-electron chi connectivity index (χ3n) is 8.27. The van der Waals surface area contributed by atoms with Gasteiger partial charge in [0.15, 0.2) is 24.8 Å². The van der Waals surface area contributed by atoms with Crippen molar-refractivity contribution in [1.29, 1.82) is 0 Å². The Bertz CT molecular complexity index is 1210. The summed E-state index contributed by atoms with van der Waals surface area (Å²) in [4.78, 5) is 0. The van der Waals surface area contributed by atoms with Crippen LogP contribution in [0.3, 0.4) is 0 Å². The molecule has 2 heterocycles. The van der Waals surface area contributed by atoms with Gasteiger partial charge < -0.3 is 43.4 Å². The van der Waals surface area contributed by atoms with E-state index in [1.165, 1.54) is 89.9 Å². The highest BCUT2D eigenvalue weighted by molar-refractivity contribution is 5.65. The van der Waals surface area contributed by atoms with Crippen molar-refractivity contribution in [3.8, 4) is 34.1 Å². The first kappa shape index (κ1) is 39.5. The molecule has 0 atom stereocenters. The molecular weight excluding hydrogens is 700 g/mol. The lowest BCUT2D eigenvalue weighted by atomic mass is 10.1. The molecule has 0 bridgehead atoms. The van der Waals surface area contributed by atoms with Crippen molar-refractivity contribution in [2.45, 2.75) is 117 Å². The third-order valence-corrected chi connectivity index (χ3v) is 8.27. The predicted molar refractivity (Wildman–Crippen MR) is 181 cm³/mol. The van der Waals surface area contributed by atoms with Gasteiger partial charge in [0, 0.05) is 37.1 Å². The van der Waals surface area contributed by atoms with Gasteiger partial charge in [0.25, 0.3) is 0 Å². The van der Waals surface area contributed by atoms with Gasteiger partial charge >= 0.3 is 0 Å². The highest BCUT2D eigenvalue weighted by atomic mass is 79.9. The minimum absolute atomic E-state index is 0. The van der Waals surface area contributed by atoms with Crippen LogP contribution in [0.1, 0.15) is 104 Å². The van der Waals surface area contributed by atoms with Gasteiger partial charge in [-0.2, -0.15) is 0 Å². The first-order chi connectivity index (χ1) is 21.7. The Hall–Kier alpha value is -2.70. The van der Waals surface area contributed by atoms with Crippen LogP contribution in [-0.4, -0.2) is 0 Å². The van der Waals surface area contributed by atoms with E-state index in [9.17, 15) is 0 Å². The van der Waals surface area contributed by atoms with E-state index in [0.717, 1.165) is 47.2 Å². The average molecular weight is 755 g/mol. The van der Waals surface area contributed by atoms with Crippen molar-refractivity contribution in [1.82, 2.24) is 0 Å². The van der Waals surface area contributed by atoms with Crippen molar-refractivity contribution in [2.75, 3.05) is 0 Å². The van der Waals surface area contributed by atoms with E-state index in [0.29, 0.717) is 0 Å².